The van der Waals surface area contributed by atoms with E-state index in [9.17, 15) is 8.42 Å². The molecule has 3 atom stereocenters. The van der Waals surface area contributed by atoms with E-state index in [-0.39, 0.29) is 18.8 Å². The van der Waals surface area contributed by atoms with Gasteiger partial charge < -0.3 is 9.84 Å². The van der Waals surface area contributed by atoms with Crippen molar-refractivity contribution in [3.05, 3.63) is 0 Å². The van der Waals surface area contributed by atoms with E-state index in [4.69, 9.17) is 9.84 Å². The van der Waals surface area contributed by atoms with Gasteiger partial charge in [-0.2, -0.15) is 17.4 Å². The Morgan fingerprint density at radius 3 is 2.38 bits per heavy atom. The van der Waals surface area contributed by atoms with E-state index in [1.165, 1.54) is 11.2 Å². The van der Waals surface area contributed by atoms with Gasteiger partial charge in [0.1, 0.15) is 0 Å². The highest BCUT2D eigenvalue weighted by atomic mass is 32.2. The van der Waals surface area contributed by atoms with Crippen LogP contribution in [0.1, 0.15) is 20.8 Å². The third kappa shape index (κ3) is 3.99. The van der Waals surface area contributed by atoms with Gasteiger partial charge in [0.05, 0.1) is 18.3 Å². The van der Waals surface area contributed by atoms with Crippen molar-refractivity contribution in [3.8, 4) is 0 Å². The van der Waals surface area contributed by atoms with Crippen molar-refractivity contribution in [2.75, 3.05) is 19.6 Å². The maximum atomic E-state index is 11.8. The molecule has 0 radical (unpaired) electrons. The molecule has 3 unspecified atom stereocenters. The molecule has 2 N–H and O–H groups in total. The van der Waals surface area contributed by atoms with Crippen molar-refractivity contribution >= 4 is 10.2 Å². The van der Waals surface area contributed by atoms with E-state index < -0.39 is 16.3 Å². The number of hydrogen-bond acceptors (Lipinski definition) is 4. The molecule has 1 aliphatic rings. The van der Waals surface area contributed by atoms with Gasteiger partial charge in [0.2, 0.25) is 0 Å². The molecule has 1 saturated heterocycles. The zero-order valence-electron chi connectivity index (χ0n) is 9.88. The average molecular weight is 252 g/mol. The lowest BCUT2D eigenvalue weighted by molar-refractivity contribution is -0.0444. The summed E-state index contributed by atoms with van der Waals surface area (Å²) in [6.07, 6.45) is -0.899. The first-order valence-electron chi connectivity index (χ1n) is 5.39. The fourth-order valence-electron chi connectivity index (χ4n) is 1.64. The number of aliphatic hydroxyl groups excluding tert-OH is 1. The monoisotopic (exact) mass is 252 g/mol. The SMILES string of the molecule is CC(O)CNS(=O)(=O)N1CC(C)OC(C)C1. The Morgan fingerprint density at radius 1 is 1.44 bits per heavy atom. The Balaban J connectivity index is 2.60. The van der Waals surface area contributed by atoms with Crippen molar-refractivity contribution in [3.63, 3.8) is 0 Å². The highest BCUT2D eigenvalue weighted by Crippen LogP contribution is 2.13. The molecule has 0 aromatic rings. The zero-order valence-corrected chi connectivity index (χ0v) is 10.7. The van der Waals surface area contributed by atoms with Crippen LogP contribution in [-0.4, -0.2) is 55.8 Å². The molecule has 1 fully saturated rings. The van der Waals surface area contributed by atoms with E-state index in [1.807, 2.05) is 13.8 Å². The van der Waals surface area contributed by atoms with Crippen molar-refractivity contribution in [1.29, 1.82) is 0 Å². The topological polar surface area (TPSA) is 78.9 Å². The summed E-state index contributed by atoms with van der Waals surface area (Å²) in [6.45, 7) is 5.94. The van der Waals surface area contributed by atoms with Crippen LogP contribution >= 0.6 is 0 Å². The van der Waals surface area contributed by atoms with Crippen molar-refractivity contribution < 1.29 is 18.3 Å². The normalized spacial score (nSPS) is 30.2. The van der Waals surface area contributed by atoms with Gasteiger partial charge in [-0.05, 0) is 20.8 Å². The molecule has 16 heavy (non-hydrogen) atoms. The molecule has 1 rings (SSSR count). The molecule has 6 nitrogen and oxygen atoms in total. The van der Waals surface area contributed by atoms with Gasteiger partial charge in [-0.1, -0.05) is 0 Å². The maximum Gasteiger partial charge on any atom is 0.279 e. The Kier molecular flexibility index (Phi) is 4.69. The van der Waals surface area contributed by atoms with E-state index in [1.54, 1.807) is 0 Å². The first-order chi connectivity index (χ1) is 7.31. The summed E-state index contributed by atoms with van der Waals surface area (Å²) in [5, 5.41) is 9.05. The van der Waals surface area contributed by atoms with Crippen LogP contribution in [-0.2, 0) is 14.9 Å². The second-order valence-electron chi connectivity index (χ2n) is 4.28. The Morgan fingerprint density at radius 2 is 1.94 bits per heavy atom. The quantitative estimate of drug-likeness (QED) is 0.694. The van der Waals surface area contributed by atoms with Gasteiger partial charge in [0.15, 0.2) is 0 Å². The van der Waals surface area contributed by atoms with Crippen LogP contribution in [0.4, 0.5) is 0 Å². The molecule has 0 saturated carbocycles. The van der Waals surface area contributed by atoms with Crippen molar-refractivity contribution in [2.45, 2.75) is 39.1 Å². The molecular formula is C9H20N2O4S. The second kappa shape index (κ2) is 5.42. The van der Waals surface area contributed by atoms with Crippen LogP contribution in [0.3, 0.4) is 0 Å². The smallest absolute Gasteiger partial charge is 0.279 e. The number of hydrogen-bond donors (Lipinski definition) is 2. The van der Waals surface area contributed by atoms with Gasteiger partial charge in [-0.3, -0.25) is 0 Å². The molecular weight excluding hydrogens is 232 g/mol. The first-order valence-corrected chi connectivity index (χ1v) is 6.83. The molecule has 0 amide bonds. The van der Waals surface area contributed by atoms with Crippen LogP contribution in [0.2, 0.25) is 0 Å². The lowest BCUT2D eigenvalue weighted by Crippen LogP contribution is -2.52. The summed E-state index contributed by atoms with van der Waals surface area (Å²) >= 11 is 0. The first kappa shape index (κ1) is 13.9. The number of rotatable bonds is 4. The molecule has 0 spiro atoms. The standard InChI is InChI=1S/C9H20N2O4S/c1-7(12)4-10-16(13,14)11-5-8(2)15-9(3)6-11/h7-10,12H,4-6H2,1-3H3. The molecule has 1 aliphatic heterocycles. The van der Waals surface area contributed by atoms with E-state index in [0.717, 1.165) is 0 Å². The maximum absolute atomic E-state index is 11.8. The second-order valence-corrected chi connectivity index (χ2v) is 6.03. The van der Waals surface area contributed by atoms with Gasteiger partial charge >= 0.3 is 0 Å². The highest BCUT2D eigenvalue weighted by Gasteiger charge is 2.30. The predicted molar refractivity (Wildman–Crippen MR) is 60.2 cm³/mol. The average Bonchev–Trinajstić information content (AvgIpc) is 2.13. The predicted octanol–water partition coefficient (Wildman–Crippen LogP) is -0.689. The molecule has 0 aromatic heterocycles. The van der Waals surface area contributed by atoms with E-state index in [2.05, 4.69) is 4.72 Å². The minimum Gasteiger partial charge on any atom is -0.392 e. The Bertz CT molecular complexity index is 307. The summed E-state index contributed by atoms with van der Waals surface area (Å²) in [7, 11) is -3.50. The van der Waals surface area contributed by atoms with Crippen LogP contribution in [0, 0.1) is 0 Å². The van der Waals surface area contributed by atoms with Crippen molar-refractivity contribution in [2.24, 2.45) is 0 Å². The van der Waals surface area contributed by atoms with Crippen molar-refractivity contribution in [1.82, 2.24) is 9.03 Å². The van der Waals surface area contributed by atoms with Crippen LogP contribution in [0.5, 0.6) is 0 Å². The fraction of sp³-hybridized carbons (Fsp3) is 1.00. The van der Waals surface area contributed by atoms with Gasteiger partial charge in [0, 0.05) is 19.6 Å². The van der Waals surface area contributed by atoms with Gasteiger partial charge in [-0.25, -0.2) is 0 Å². The molecule has 0 bridgehead atoms. The summed E-state index contributed by atoms with van der Waals surface area (Å²) in [5.41, 5.74) is 0. The molecule has 7 heteroatoms. The minimum absolute atomic E-state index is 0.0302. The minimum atomic E-state index is -3.50. The summed E-state index contributed by atoms with van der Waals surface area (Å²) < 4.78 is 32.8. The third-order valence-electron chi connectivity index (χ3n) is 2.29. The zero-order chi connectivity index (χ0) is 12.3. The lowest BCUT2D eigenvalue weighted by atomic mass is 10.3. The number of morpholine rings is 1. The lowest BCUT2D eigenvalue weighted by Gasteiger charge is -2.34. The Labute approximate surface area is 96.8 Å². The highest BCUT2D eigenvalue weighted by molar-refractivity contribution is 7.87. The van der Waals surface area contributed by atoms with Crippen LogP contribution in [0.25, 0.3) is 0 Å². The van der Waals surface area contributed by atoms with Gasteiger partial charge in [-0.15, -0.1) is 0 Å². The van der Waals surface area contributed by atoms with Crippen LogP contribution < -0.4 is 4.72 Å². The third-order valence-corrected chi connectivity index (χ3v) is 3.80. The van der Waals surface area contributed by atoms with E-state index in [0.29, 0.717) is 13.1 Å². The van der Waals surface area contributed by atoms with Gasteiger partial charge in [0.25, 0.3) is 10.2 Å². The molecule has 1 heterocycles. The number of ether oxygens (including phenoxy) is 1. The summed E-state index contributed by atoms with van der Waals surface area (Å²) in [5.74, 6) is 0. The summed E-state index contributed by atoms with van der Waals surface area (Å²) in [4.78, 5) is 0. The molecule has 0 aromatic carbocycles. The van der Waals surface area contributed by atoms with E-state index >= 15 is 0 Å². The largest absolute Gasteiger partial charge is 0.392 e. The summed E-state index contributed by atoms with van der Waals surface area (Å²) in [6, 6.07) is 0. The number of nitrogens with one attached hydrogen (secondary N) is 1. The van der Waals surface area contributed by atoms with Crippen LogP contribution in [0.15, 0.2) is 0 Å². The molecule has 0 aliphatic carbocycles. The number of nitrogens with zero attached hydrogens (tertiary/aromatic N) is 1. The number of aliphatic hydroxyl groups is 1. The Hall–Kier alpha value is -0.210. The molecule has 96 valence electrons. The fourth-order valence-corrected chi connectivity index (χ4v) is 3.09.